The number of hydrogen-bond acceptors (Lipinski definition) is 6. The highest BCUT2D eigenvalue weighted by molar-refractivity contribution is 5.92. The molecule has 1 fully saturated rings. The molecule has 174 valence electrons. The van der Waals surface area contributed by atoms with E-state index in [0.29, 0.717) is 42.7 Å². The van der Waals surface area contributed by atoms with Gasteiger partial charge in [-0.15, -0.1) is 0 Å². The molecule has 2 aromatic carbocycles. The predicted molar refractivity (Wildman–Crippen MR) is 125 cm³/mol. The zero-order chi connectivity index (χ0) is 23.0. The van der Waals surface area contributed by atoms with Gasteiger partial charge in [0, 0.05) is 25.8 Å². The van der Waals surface area contributed by atoms with E-state index in [1.54, 1.807) is 30.2 Å². The third kappa shape index (κ3) is 5.87. The van der Waals surface area contributed by atoms with Crippen LogP contribution in [0.5, 0.6) is 23.0 Å². The summed E-state index contributed by atoms with van der Waals surface area (Å²) in [6.45, 7) is 5.98. The second-order valence-corrected chi connectivity index (χ2v) is 7.88. The Morgan fingerprint density at radius 3 is 2.85 bits per heavy atom. The van der Waals surface area contributed by atoms with Gasteiger partial charge in [-0.2, -0.15) is 0 Å². The number of carbonyl (C=O) groups excluding carboxylic acids is 1. The van der Waals surface area contributed by atoms with Crippen LogP contribution in [0.25, 0.3) is 6.08 Å². The van der Waals surface area contributed by atoms with Gasteiger partial charge in [0.15, 0.2) is 23.0 Å². The Labute approximate surface area is 194 Å². The van der Waals surface area contributed by atoms with Crippen LogP contribution in [0.15, 0.2) is 55.1 Å². The number of ether oxygens (including phenoxy) is 5. The standard InChI is InChI=1S/C26H29NO6/c1-3-12-31-22-10-7-20(15-24(22)29-2)16-27(17-21-5-4-13-30-21)26(28)11-8-19-6-9-23-25(14-19)33-18-32-23/h3,6-11,14-15,21H,1,4-5,12-13,16-18H2,2H3/b11-8-/t21-/m1/s1. The zero-order valence-electron chi connectivity index (χ0n) is 18.8. The molecule has 4 rings (SSSR count). The number of amides is 1. The lowest BCUT2D eigenvalue weighted by molar-refractivity contribution is -0.128. The number of fused-ring (bicyclic) bond motifs is 1. The van der Waals surface area contributed by atoms with Crippen LogP contribution in [0, 0.1) is 0 Å². The summed E-state index contributed by atoms with van der Waals surface area (Å²) in [5.41, 5.74) is 1.82. The summed E-state index contributed by atoms with van der Waals surface area (Å²) < 4.78 is 27.7. The summed E-state index contributed by atoms with van der Waals surface area (Å²) in [5.74, 6) is 2.57. The Balaban J connectivity index is 1.49. The number of carbonyl (C=O) groups is 1. The first-order valence-corrected chi connectivity index (χ1v) is 11.0. The van der Waals surface area contributed by atoms with Crippen molar-refractivity contribution in [1.29, 1.82) is 0 Å². The topological polar surface area (TPSA) is 66.5 Å². The van der Waals surface area contributed by atoms with E-state index in [1.807, 2.05) is 36.4 Å². The van der Waals surface area contributed by atoms with Crippen LogP contribution in [0.3, 0.4) is 0 Å². The number of benzene rings is 2. The van der Waals surface area contributed by atoms with E-state index in [2.05, 4.69) is 6.58 Å². The Bertz CT molecular complexity index is 1010. The van der Waals surface area contributed by atoms with Crippen LogP contribution < -0.4 is 18.9 Å². The van der Waals surface area contributed by atoms with E-state index in [4.69, 9.17) is 23.7 Å². The average molecular weight is 452 g/mol. The van der Waals surface area contributed by atoms with Crippen LogP contribution in [-0.2, 0) is 16.1 Å². The van der Waals surface area contributed by atoms with E-state index in [0.717, 1.165) is 30.6 Å². The van der Waals surface area contributed by atoms with Crippen LogP contribution >= 0.6 is 0 Å². The molecule has 2 aliphatic rings. The molecule has 0 spiro atoms. The Morgan fingerprint density at radius 1 is 1.18 bits per heavy atom. The summed E-state index contributed by atoms with van der Waals surface area (Å²) in [6, 6.07) is 11.3. The molecular formula is C26H29NO6. The molecule has 0 radical (unpaired) electrons. The van der Waals surface area contributed by atoms with Gasteiger partial charge in [-0.05, 0) is 54.3 Å². The van der Waals surface area contributed by atoms with Crippen molar-refractivity contribution in [1.82, 2.24) is 4.90 Å². The third-order valence-corrected chi connectivity index (χ3v) is 5.53. The largest absolute Gasteiger partial charge is 0.493 e. The average Bonchev–Trinajstić information content (AvgIpc) is 3.52. The van der Waals surface area contributed by atoms with Crippen molar-refractivity contribution in [3.05, 3.63) is 66.3 Å². The van der Waals surface area contributed by atoms with Crippen molar-refractivity contribution in [2.75, 3.05) is 33.7 Å². The molecular weight excluding hydrogens is 422 g/mol. The van der Waals surface area contributed by atoms with E-state index in [-0.39, 0.29) is 18.8 Å². The van der Waals surface area contributed by atoms with Gasteiger partial charge in [0.05, 0.1) is 13.2 Å². The quantitative estimate of drug-likeness (QED) is 0.398. The highest BCUT2D eigenvalue weighted by Crippen LogP contribution is 2.33. The van der Waals surface area contributed by atoms with Gasteiger partial charge in [-0.1, -0.05) is 24.8 Å². The van der Waals surface area contributed by atoms with Crippen molar-refractivity contribution in [2.24, 2.45) is 0 Å². The first-order valence-electron chi connectivity index (χ1n) is 11.0. The highest BCUT2D eigenvalue weighted by Gasteiger charge is 2.22. The van der Waals surface area contributed by atoms with Crippen LogP contribution in [0.2, 0.25) is 0 Å². The summed E-state index contributed by atoms with van der Waals surface area (Å²) in [6.07, 6.45) is 7.08. The summed E-state index contributed by atoms with van der Waals surface area (Å²) in [7, 11) is 1.60. The van der Waals surface area contributed by atoms with E-state index >= 15 is 0 Å². The fraction of sp³-hybridized carbons (Fsp3) is 0.346. The number of methoxy groups -OCH3 is 1. The number of nitrogens with zero attached hydrogens (tertiary/aromatic N) is 1. The third-order valence-electron chi connectivity index (χ3n) is 5.53. The summed E-state index contributed by atoms with van der Waals surface area (Å²) in [4.78, 5) is 15.0. The Morgan fingerprint density at radius 2 is 2.06 bits per heavy atom. The first-order chi connectivity index (χ1) is 16.2. The fourth-order valence-electron chi connectivity index (χ4n) is 3.85. The second kappa shape index (κ2) is 10.9. The molecule has 0 aliphatic carbocycles. The first kappa shape index (κ1) is 22.7. The molecule has 0 bridgehead atoms. The lowest BCUT2D eigenvalue weighted by atomic mass is 10.1. The SMILES string of the molecule is C=CCOc1ccc(CN(C[C@H]2CCCO2)C(=O)/C=C\c2ccc3c(c2)OCO3)cc1OC. The van der Waals surface area contributed by atoms with Crippen molar-refractivity contribution in [2.45, 2.75) is 25.5 Å². The molecule has 1 atom stereocenters. The molecule has 33 heavy (non-hydrogen) atoms. The van der Waals surface area contributed by atoms with Gasteiger partial charge in [-0.25, -0.2) is 0 Å². The van der Waals surface area contributed by atoms with Gasteiger partial charge in [-0.3, -0.25) is 4.79 Å². The summed E-state index contributed by atoms with van der Waals surface area (Å²) >= 11 is 0. The second-order valence-electron chi connectivity index (χ2n) is 7.88. The molecule has 2 heterocycles. The smallest absolute Gasteiger partial charge is 0.246 e. The number of hydrogen-bond donors (Lipinski definition) is 0. The van der Waals surface area contributed by atoms with E-state index in [1.165, 1.54) is 0 Å². The van der Waals surface area contributed by atoms with Crippen molar-refractivity contribution >= 4 is 12.0 Å². The van der Waals surface area contributed by atoms with Gasteiger partial charge >= 0.3 is 0 Å². The molecule has 0 saturated carbocycles. The molecule has 0 N–H and O–H groups in total. The Kier molecular flexibility index (Phi) is 7.52. The fourth-order valence-corrected chi connectivity index (χ4v) is 3.85. The summed E-state index contributed by atoms with van der Waals surface area (Å²) in [5, 5.41) is 0. The maximum Gasteiger partial charge on any atom is 0.246 e. The van der Waals surface area contributed by atoms with E-state index in [9.17, 15) is 4.79 Å². The molecule has 1 amide bonds. The van der Waals surface area contributed by atoms with Crippen LogP contribution in [-0.4, -0.2) is 50.6 Å². The molecule has 7 heteroatoms. The monoisotopic (exact) mass is 451 g/mol. The molecule has 0 unspecified atom stereocenters. The maximum atomic E-state index is 13.2. The lowest BCUT2D eigenvalue weighted by Crippen LogP contribution is -2.35. The molecule has 1 saturated heterocycles. The lowest BCUT2D eigenvalue weighted by Gasteiger charge is -2.25. The minimum Gasteiger partial charge on any atom is -0.493 e. The minimum absolute atomic E-state index is 0.0463. The Hall–Kier alpha value is -3.45. The van der Waals surface area contributed by atoms with Gasteiger partial charge < -0.3 is 28.6 Å². The van der Waals surface area contributed by atoms with Gasteiger partial charge in [0.2, 0.25) is 12.7 Å². The molecule has 7 nitrogen and oxygen atoms in total. The van der Waals surface area contributed by atoms with Crippen LogP contribution in [0.1, 0.15) is 24.0 Å². The highest BCUT2D eigenvalue weighted by atomic mass is 16.7. The van der Waals surface area contributed by atoms with E-state index < -0.39 is 0 Å². The van der Waals surface area contributed by atoms with Gasteiger partial charge in [0.25, 0.3) is 0 Å². The molecule has 2 aromatic rings. The van der Waals surface area contributed by atoms with Gasteiger partial charge in [0.1, 0.15) is 6.61 Å². The van der Waals surface area contributed by atoms with Crippen molar-refractivity contribution < 1.29 is 28.5 Å². The van der Waals surface area contributed by atoms with Crippen molar-refractivity contribution in [3.8, 4) is 23.0 Å². The predicted octanol–water partition coefficient (Wildman–Crippen LogP) is 4.21. The number of rotatable bonds is 10. The minimum atomic E-state index is -0.0888. The zero-order valence-corrected chi connectivity index (χ0v) is 18.8. The normalized spacial score (nSPS) is 16.7. The molecule has 0 aromatic heterocycles. The maximum absolute atomic E-state index is 13.2. The van der Waals surface area contributed by atoms with Crippen LogP contribution in [0.4, 0.5) is 0 Å². The van der Waals surface area contributed by atoms with Crippen molar-refractivity contribution in [3.63, 3.8) is 0 Å². The molecule has 2 aliphatic heterocycles.